The van der Waals surface area contributed by atoms with Crippen molar-refractivity contribution in [3.63, 3.8) is 0 Å². The molecule has 0 fully saturated rings. The van der Waals surface area contributed by atoms with E-state index >= 15 is 0 Å². The standard InChI is InChI=1S/C19H20N4O3/c1-12-14(13(2)22-21-12)9-10-17-20-16-7-4-3-6-15(16)19(26)23(17)11-5-8-18(24)25/h3-4,6-7,9-10H,5,8,11H2,1-2H3,(H,21,22)(H,24,25). The fourth-order valence-corrected chi connectivity index (χ4v) is 2.88. The minimum absolute atomic E-state index is 0.00235. The number of aliphatic carboxylic acids is 1. The number of rotatable bonds is 6. The largest absolute Gasteiger partial charge is 0.481 e. The molecular formula is C19H20N4O3. The van der Waals surface area contributed by atoms with Gasteiger partial charge in [0.25, 0.3) is 5.56 Å². The Hall–Kier alpha value is -3.22. The van der Waals surface area contributed by atoms with Crippen molar-refractivity contribution in [3.8, 4) is 0 Å². The molecule has 1 aromatic carbocycles. The maximum atomic E-state index is 12.8. The summed E-state index contributed by atoms with van der Waals surface area (Å²) < 4.78 is 1.53. The number of fused-ring (bicyclic) bond motifs is 1. The van der Waals surface area contributed by atoms with E-state index in [1.54, 1.807) is 24.3 Å². The van der Waals surface area contributed by atoms with Crippen LogP contribution in [0.5, 0.6) is 0 Å². The van der Waals surface area contributed by atoms with E-state index in [0.29, 0.717) is 29.7 Å². The van der Waals surface area contributed by atoms with Crippen LogP contribution >= 0.6 is 0 Å². The average molecular weight is 352 g/mol. The summed E-state index contributed by atoms with van der Waals surface area (Å²) in [7, 11) is 0. The fraction of sp³-hybridized carbons (Fsp3) is 0.263. The van der Waals surface area contributed by atoms with Gasteiger partial charge in [0.15, 0.2) is 0 Å². The number of hydrogen-bond donors (Lipinski definition) is 2. The van der Waals surface area contributed by atoms with Crippen molar-refractivity contribution in [3.05, 3.63) is 57.4 Å². The lowest BCUT2D eigenvalue weighted by Crippen LogP contribution is -2.24. The summed E-state index contributed by atoms with van der Waals surface area (Å²) >= 11 is 0. The van der Waals surface area contributed by atoms with Crippen LogP contribution in [-0.2, 0) is 11.3 Å². The van der Waals surface area contributed by atoms with E-state index < -0.39 is 5.97 Å². The van der Waals surface area contributed by atoms with E-state index in [1.807, 2.05) is 26.0 Å². The molecule has 0 aliphatic rings. The number of nitrogens with zero attached hydrogens (tertiary/aromatic N) is 3. The number of aryl methyl sites for hydroxylation is 2. The number of carboxylic acid groups (broad SMARTS) is 1. The van der Waals surface area contributed by atoms with Gasteiger partial charge in [-0.3, -0.25) is 19.3 Å². The van der Waals surface area contributed by atoms with Crippen LogP contribution in [0.15, 0.2) is 29.1 Å². The molecule has 2 aromatic heterocycles. The highest BCUT2D eigenvalue weighted by molar-refractivity contribution is 5.79. The zero-order valence-corrected chi connectivity index (χ0v) is 14.7. The molecule has 0 radical (unpaired) electrons. The quantitative estimate of drug-likeness (QED) is 0.710. The molecule has 2 N–H and O–H groups in total. The number of para-hydroxylation sites is 1. The normalized spacial score (nSPS) is 11.5. The minimum Gasteiger partial charge on any atom is -0.481 e. The van der Waals surface area contributed by atoms with Gasteiger partial charge in [-0.05, 0) is 44.6 Å². The molecule has 3 aromatic rings. The van der Waals surface area contributed by atoms with Crippen molar-refractivity contribution in [2.75, 3.05) is 0 Å². The molecule has 7 heteroatoms. The molecule has 26 heavy (non-hydrogen) atoms. The monoisotopic (exact) mass is 352 g/mol. The van der Waals surface area contributed by atoms with Crippen LogP contribution < -0.4 is 5.56 Å². The van der Waals surface area contributed by atoms with Gasteiger partial charge in [0.2, 0.25) is 0 Å². The number of benzene rings is 1. The second kappa shape index (κ2) is 7.35. The predicted molar refractivity (Wildman–Crippen MR) is 99.9 cm³/mol. The molecular weight excluding hydrogens is 332 g/mol. The van der Waals surface area contributed by atoms with Gasteiger partial charge in [-0.1, -0.05) is 12.1 Å². The lowest BCUT2D eigenvalue weighted by Gasteiger charge is -2.10. The first kappa shape index (κ1) is 17.6. The maximum Gasteiger partial charge on any atom is 0.303 e. The van der Waals surface area contributed by atoms with E-state index in [4.69, 9.17) is 5.11 Å². The lowest BCUT2D eigenvalue weighted by molar-refractivity contribution is -0.137. The third-order valence-electron chi connectivity index (χ3n) is 4.25. The Balaban J connectivity index is 2.06. The van der Waals surface area contributed by atoms with Gasteiger partial charge in [-0.25, -0.2) is 4.98 Å². The molecule has 7 nitrogen and oxygen atoms in total. The molecule has 0 aliphatic heterocycles. The molecule has 134 valence electrons. The lowest BCUT2D eigenvalue weighted by atomic mass is 10.2. The number of H-pyrrole nitrogens is 1. The smallest absolute Gasteiger partial charge is 0.303 e. The first-order valence-electron chi connectivity index (χ1n) is 8.38. The predicted octanol–water partition coefficient (Wildman–Crippen LogP) is 2.77. The summed E-state index contributed by atoms with van der Waals surface area (Å²) in [6, 6.07) is 7.16. The van der Waals surface area contributed by atoms with Crippen LogP contribution in [0.3, 0.4) is 0 Å². The van der Waals surface area contributed by atoms with Crippen LogP contribution in [0.4, 0.5) is 0 Å². The van der Waals surface area contributed by atoms with Crippen LogP contribution in [0.25, 0.3) is 23.1 Å². The minimum atomic E-state index is -0.881. The van der Waals surface area contributed by atoms with Crippen molar-refractivity contribution in [2.24, 2.45) is 0 Å². The Morgan fingerprint density at radius 1 is 1.27 bits per heavy atom. The molecule has 0 saturated heterocycles. The van der Waals surface area contributed by atoms with Gasteiger partial charge >= 0.3 is 5.97 Å². The number of carboxylic acids is 1. The van der Waals surface area contributed by atoms with Crippen molar-refractivity contribution < 1.29 is 9.90 Å². The summed E-state index contributed by atoms with van der Waals surface area (Å²) in [4.78, 5) is 28.2. The molecule has 0 atom stereocenters. The summed E-state index contributed by atoms with van der Waals surface area (Å²) in [6.07, 6.45) is 4.01. The second-order valence-electron chi connectivity index (χ2n) is 6.12. The summed E-state index contributed by atoms with van der Waals surface area (Å²) in [5, 5.41) is 16.5. The van der Waals surface area contributed by atoms with Crippen molar-refractivity contribution in [2.45, 2.75) is 33.2 Å². The van der Waals surface area contributed by atoms with Crippen molar-refractivity contribution in [1.82, 2.24) is 19.7 Å². The molecule has 0 bridgehead atoms. The molecule has 0 aliphatic carbocycles. The average Bonchev–Trinajstić information content (AvgIpc) is 2.93. The molecule has 0 amide bonds. The second-order valence-corrected chi connectivity index (χ2v) is 6.12. The maximum absolute atomic E-state index is 12.8. The number of carbonyl (C=O) groups is 1. The Morgan fingerprint density at radius 3 is 2.73 bits per heavy atom. The Kier molecular flexibility index (Phi) is 4.97. The molecule has 0 unspecified atom stereocenters. The van der Waals surface area contributed by atoms with Crippen LogP contribution in [0.1, 0.15) is 35.6 Å². The first-order chi connectivity index (χ1) is 12.5. The third kappa shape index (κ3) is 3.56. The fourth-order valence-electron chi connectivity index (χ4n) is 2.88. The van der Waals surface area contributed by atoms with E-state index in [0.717, 1.165) is 17.0 Å². The van der Waals surface area contributed by atoms with Gasteiger partial charge < -0.3 is 5.11 Å². The number of aromatic nitrogens is 4. The van der Waals surface area contributed by atoms with E-state index in [2.05, 4.69) is 15.2 Å². The van der Waals surface area contributed by atoms with E-state index in [-0.39, 0.29) is 12.0 Å². The SMILES string of the molecule is Cc1n[nH]c(C)c1C=Cc1nc2ccccc2c(=O)n1CCCC(=O)O. The molecule has 0 saturated carbocycles. The highest BCUT2D eigenvalue weighted by Crippen LogP contribution is 2.15. The summed E-state index contributed by atoms with van der Waals surface area (Å²) in [6.45, 7) is 4.12. The Labute approximate surface area is 150 Å². The molecule has 2 heterocycles. The van der Waals surface area contributed by atoms with Gasteiger partial charge in [0.1, 0.15) is 5.82 Å². The van der Waals surface area contributed by atoms with Crippen molar-refractivity contribution in [1.29, 1.82) is 0 Å². The van der Waals surface area contributed by atoms with Gasteiger partial charge in [0.05, 0.1) is 16.6 Å². The summed E-state index contributed by atoms with van der Waals surface area (Å²) in [5.74, 6) is -0.382. The Bertz CT molecular complexity index is 1030. The van der Waals surface area contributed by atoms with Gasteiger partial charge in [-0.15, -0.1) is 0 Å². The zero-order chi connectivity index (χ0) is 18.7. The van der Waals surface area contributed by atoms with Crippen LogP contribution in [0, 0.1) is 13.8 Å². The molecule has 0 spiro atoms. The summed E-state index contributed by atoms with van der Waals surface area (Å²) in [5.41, 5.74) is 3.19. The number of nitrogens with one attached hydrogen (secondary N) is 1. The number of aromatic amines is 1. The van der Waals surface area contributed by atoms with E-state index in [1.165, 1.54) is 4.57 Å². The van der Waals surface area contributed by atoms with Crippen LogP contribution in [0.2, 0.25) is 0 Å². The van der Waals surface area contributed by atoms with Gasteiger partial charge in [-0.2, -0.15) is 5.10 Å². The van der Waals surface area contributed by atoms with Gasteiger partial charge in [0, 0.05) is 24.2 Å². The van der Waals surface area contributed by atoms with Crippen molar-refractivity contribution >= 4 is 29.0 Å². The van der Waals surface area contributed by atoms with Crippen LogP contribution in [-0.4, -0.2) is 30.8 Å². The number of hydrogen-bond acceptors (Lipinski definition) is 4. The highest BCUT2D eigenvalue weighted by Gasteiger charge is 2.10. The third-order valence-corrected chi connectivity index (χ3v) is 4.25. The first-order valence-corrected chi connectivity index (χ1v) is 8.38. The zero-order valence-electron chi connectivity index (χ0n) is 14.7. The molecule has 3 rings (SSSR count). The highest BCUT2D eigenvalue weighted by atomic mass is 16.4. The topological polar surface area (TPSA) is 101 Å². The Morgan fingerprint density at radius 2 is 2.04 bits per heavy atom. The van der Waals surface area contributed by atoms with E-state index in [9.17, 15) is 9.59 Å².